The summed E-state index contributed by atoms with van der Waals surface area (Å²) in [4.78, 5) is 38.3. The smallest absolute Gasteiger partial charge is 0.391 e. The van der Waals surface area contributed by atoms with E-state index in [0.717, 1.165) is 46.9 Å². The van der Waals surface area contributed by atoms with E-state index < -0.39 is 16.6 Å². The summed E-state index contributed by atoms with van der Waals surface area (Å²) in [6, 6.07) is 59.7. The van der Waals surface area contributed by atoms with Gasteiger partial charge in [0.15, 0.2) is 0 Å². The molecule has 74 heavy (non-hydrogen) atoms. The molecule has 0 atom stereocenters. The van der Waals surface area contributed by atoms with Crippen LogP contribution in [0.5, 0.6) is 0 Å². The average Bonchev–Trinajstić information content (AvgIpc) is 3.86. The number of hydrogen-bond donors (Lipinski definition) is 1. The summed E-state index contributed by atoms with van der Waals surface area (Å²) in [6.45, 7) is 24.0. The molecule has 0 aliphatic heterocycles. The number of rotatable bonds is 18. The molecule has 1 heterocycles. The van der Waals surface area contributed by atoms with Crippen molar-refractivity contribution in [3.63, 3.8) is 0 Å². The molecule has 0 aliphatic rings. The average molecular weight is 1060 g/mol. The number of nitrogens with zero attached hydrogens (tertiary/aromatic N) is 3. The number of aromatic nitrogens is 1. The van der Waals surface area contributed by atoms with Crippen LogP contribution in [0.1, 0.15) is 72.2 Å². The van der Waals surface area contributed by atoms with Gasteiger partial charge in [0, 0.05) is 18.9 Å². The molecule has 7 rings (SSSR count). The number of aliphatic imine (C=N–C) groups is 1. The second kappa shape index (κ2) is 30.4. The number of isothiocyanates is 1. The highest BCUT2D eigenvalue weighted by molar-refractivity contribution is 7.78. The standard InChI is InChI=1S/C29H34N2OSSi.C25H27NOSSi.C5H8NO2.CO2/c1-5-26-28(33-22-30-26)31-27-19-13-12-14-23(27)20-21-32-34(29(2,3)4,24-15-8-6-9-16-24)25-17-10-7-11-18-25;1-25(2,3)29(22-13-6-4-7-14-22,23-15-8-5-9-16-23)27-19-18-21-12-10-11-17-24(21)26-20-28;1-3-8-5(7)4-6-2;2-1-3/h6-19,22,31H,5,20-21H2,1-4H3;4-17H,18-19H2,1-3H3;2H,3-4H2,1H3;/q;;+1;. The maximum atomic E-state index is 10.2. The molecule has 0 radical (unpaired) electrons. The van der Waals surface area contributed by atoms with Crippen molar-refractivity contribution in [2.75, 3.05) is 31.7 Å². The minimum Gasteiger partial charge on any atom is -0.460 e. The van der Waals surface area contributed by atoms with Gasteiger partial charge in [-0.1, -0.05) is 211 Å². The van der Waals surface area contributed by atoms with Gasteiger partial charge in [-0.3, -0.25) is 0 Å². The highest BCUT2D eigenvalue weighted by atomic mass is 32.1. The molecular weight excluding hydrogens is 993 g/mol. The van der Waals surface area contributed by atoms with Gasteiger partial charge in [0.1, 0.15) is 5.00 Å². The maximum absolute atomic E-state index is 10.2. The van der Waals surface area contributed by atoms with E-state index in [1.165, 1.54) is 26.3 Å². The maximum Gasteiger partial charge on any atom is 0.391 e. The molecule has 0 aliphatic carbocycles. The number of hydrogen-bond acceptors (Lipinski definition) is 11. The molecule has 14 heteroatoms. The summed E-state index contributed by atoms with van der Waals surface area (Å²) >= 11 is 6.46. The zero-order chi connectivity index (χ0) is 53.9. The number of benzene rings is 6. The predicted molar refractivity (Wildman–Crippen MR) is 312 cm³/mol. The Morgan fingerprint density at radius 3 is 1.47 bits per heavy atom. The van der Waals surface area contributed by atoms with Crippen LogP contribution in [0.25, 0.3) is 4.85 Å². The minimum atomic E-state index is -2.53. The first-order valence-electron chi connectivity index (χ1n) is 24.6. The molecule has 6 aromatic carbocycles. The second-order valence-corrected chi connectivity index (χ2v) is 28.5. The highest BCUT2D eigenvalue weighted by Crippen LogP contribution is 2.38. The monoisotopic (exact) mass is 1060 g/mol. The Bertz CT molecular complexity index is 2810. The normalized spacial score (nSPS) is 11.0. The number of thiocarbonyl (C=S) groups is 1. The van der Waals surface area contributed by atoms with Crippen LogP contribution < -0.4 is 26.1 Å². The van der Waals surface area contributed by atoms with Crippen molar-refractivity contribution in [2.45, 2.75) is 84.7 Å². The number of carbonyl (C=O) groups excluding carboxylic acids is 3. The summed E-state index contributed by atoms with van der Waals surface area (Å²) in [5.74, 6) is -0.380. The summed E-state index contributed by atoms with van der Waals surface area (Å²) < 4.78 is 18.5. The van der Waals surface area contributed by atoms with E-state index in [2.05, 4.69) is 237 Å². The molecular formula is C60H69N4O6S2Si2+. The number of esters is 1. The van der Waals surface area contributed by atoms with Crippen LogP contribution in [0.3, 0.4) is 0 Å². The lowest BCUT2D eigenvalue weighted by atomic mass is 10.1. The van der Waals surface area contributed by atoms with Gasteiger partial charge < -0.3 is 18.9 Å². The molecule has 384 valence electrons. The van der Waals surface area contributed by atoms with Crippen LogP contribution in [0.4, 0.5) is 16.4 Å². The number of anilines is 2. The number of thiazole rings is 1. The topological polar surface area (TPSA) is 121 Å². The Balaban J connectivity index is 0.000000269. The SMILES string of the molecule is C#[N+]CC(=O)OCC.CC(C)(C)[Si](OCCc1ccccc1N=C=S)(c1ccccc1)c1ccccc1.CCc1ncsc1Nc1ccccc1CCO[Si](c1ccccc1)(c1ccccc1)C(C)(C)C.O=C=O. The molecule has 10 nitrogen and oxygen atoms in total. The molecule has 7 aromatic rings. The number of para-hydroxylation sites is 2. The molecule has 0 amide bonds. The van der Waals surface area contributed by atoms with Crippen molar-refractivity contribution < 1.29 is 28.0 Å². The lowest BCUT2D eigenvalue weighted by Gasteiger charge is -2.43. The zero-order valence-electron chi connectivity index (χ0n) is 43.9. The largest absolute Gasteiger partial charge is 0.460 e. The molecule has 0 saturated heterocycles. The van der Waals surface area contributed by atoms with E-state index in [1.54, 1.807) is 18.3 Å². The summed E-state index contributed by atoms with van der Waals surface area (Å²) in [6.07, 6.45) is 2.79. The summed E-state index contributed by atoms with van der Waals surface area (Å²) in [7, 11) is -5.03. The third-order valence-electron chi connectivity index (χ3n) is 12.1. The molecule has 0 unspecified atom stereocenters. The summed E-state index contributed by atoms with van der Waals surface area (Å²) in [5.41, 5.74) is 7.42. The number of ether oxygens (including phenoxy) is 1. The van der Waals surface area contributed by atoms with Crippen molar-refractivity contribution in [2.24, 2.45) is 4.99 Å². The van der Waals surface area contributed by atoms with Crippen LogP contribution in [-0.2, 0) is 47.2 Å². The molecule has 0 bridgehead atoms. The van der Waals surface area contributed by atoms with Gasteiger partial charge in [0.25, 0.3) is 23.2 Å². The molecule has 1 aromatic heterocycles. The first-order valence-corrected chi connectivity index (χ1v) is 29.7. The van der Waals surface area contributed by atoms with Gasteiger partial charge in [0.2, 0.25) is 0 Å². The number of carbonyl (C=O) groups is 1. The lowest BCUT2D eigenvalue weighted by molar-refractivity contribution is -0.191. The Kier molecular flexibility index (Phi) is 24.6. The van der Waals surface area contributed by atoms with E-state index in [9.17, 15) is 4.79 Å². The fraction of sp³-hybridized carbons (Fsp3) is 0.283. The Labute approximate surface area is 450 Å². The van der Waals surface area contributed by atoms with Gasteiger partial charge in [0.05, 0.1) is 28.7 Å². The van der Waals surface area contributed by atoms with Crippen LogP contribution in [-0.4, -0.2) is 65.3 Å². The van der Waals surface area contributed by atoms with Crippen molar-refractivity contribution in [3.8, 4) is 6.57 Å². The van der Waals surface area contributed by atoms with Gasteiger partial charge in [-0.25, -0.2) is 9.78 Å². The third-order valence-corrected chi connectivity index (χ3v) is 23.1. The van der Waals surface area contributed by atoms with E-state index in [-0.39, 0.29) is 28.7 Å². The molecule has 0 spiro atoms. The van der Waals surface area contributed by atoms with Crippen molar-refractivity contribution >= 4 is 94.6 Å². The second-order valence-electron chi connectivity index (χ2n) is 18.8. The van der Waals surface area contributed by atoms with Gasteiger partial charge in [-0.15, -0.1) is 11.3 Å². The highest BCUT2D eigenvalue weighted by Gasteiger charge is 2.51. The van der Waals surface area contributed by atoms with Crippen LogP contribution >= 0.6 is 23.6 Å². The van der Waals surface area contributed by atoms with E-state index in [1.807, 2.05) is 23.7 Å². The van der Waals surface area contributed by atoms with Gasteiger partial charge in [-0.2, -0.15) is 14.6 Å². The quantitative estimate of drug-likeness (QED) is 0.0388. The Morgan fingerprint density at radius 2 is 1.07 bits per heavy atom. The fourth-order valence-corrected chi connectivity index (χ4v) is 18.9. The Hall–Kier alpha value is -6.76. The summed E-state index contributed by atoms with van der Waals surface area (Å²) in [5, 5.41) is 12.4. The van der Waals surface area contributed by atoms with Crippen LogP contribution in [0.2, 0.25) is 10.1 Å². The lowest BCUT2D eigenvalue weighted by Crippen LogP contribution is -2.66. The number of aryl methyl sites for hydroxylation is 1. The van der Waals surface area contributed by atoms with Crippen molar-refractivity contribution in [1.29, 1.82) is 0 Å². The molecule has 0 saturated carbocycles. The molecule has 0 fully saturated rings. The molecule has 1 N–H and O–H groups in total. The Morgan fingerprint density at radius 1 is 0.662 bits per heavy atom. The predicted octanol–water partition coefficient (Wildman–Crippen LogP) is 12.0. The first-order chi connectivity index (χ1) is 35.7. The fourth-order valence-electron chi connectivity index (χ4n) is 8.92. The zero-order valence-corrected chi connectivity index (χ0v) is 47.5. The minimum absolute atomic E-state index is 0.0217. The van der Waals surface area contributed by atoms with Crippen molar-refractivity contribution in [3.05, 3.63) is 197 Å². The van der Waals surface area contributed by atoms with Crippen LogP contribution in [0.15, 0.2) is 180 Å². The third kappa shape index (κ3) is 16.4. The van der Waals surface area contributed by atoms with Crippen LogP contribution in [0, 0.1) is 6.57 Å². The van der Waals surface area contributed by atoms with E-state index in [0.29, 0.717) is 19.8 Å². The first kappa shape index (κ1) is 59.8. The van der Waals surface area contributed by atoms with E-state index in [4.69, 9.17) is 30.7 Å². The number of nitrogens with one attached hydrogen (secondary N) is 1. The van der Waals surface area contributed by atoms with E-state index >= 15 is 0 Å². The van der Waals surface area contributed by atoms with Gasteiger partial charge in [-0.05, 0) is 92.5 Å². The van der Waals surface area contributed by atoms with Crippen molar-refractivity contribution in [1.82, 2.24) is 4.98 Å². The van der Waals surface area contributed by atoms with Gasteiger partial charge >= 0.3 is 18.7 Å².